The lowest BCUT2D eigenvalue weighted by Gasteiger charge is -2.19. The molecule has 0 bridgehead atoms. The van der Waals surface area contributed by atoms with E-state index in [0.717, 1.165) is 5.56 Å². The molecular formula is C14H14F2N2O. The number of rotatable bonds is 4. The summed E-state index contributed by atoms with van der Waals surface area (Å²) in [7, 11) is 1.69. The van der Waals surface area contributed by atoms with Crippen molar-refractivity contribution in [2.45, 2.75) is 13.2 Å². The Morgan fingerprint density at radius 3 is 2.47 bits per heavy atom. The summed E-state index contributed by atoms with van der Waals surface area (Å²) in [5.41, 5.74) is 1.05. The van der Waals surface area contributed by atoms with Gasteiger partial charge in [0.2, 0.25) is 0 Å². The van der Waals surface area contributed by atoms with Crippen molar-refractivity contribution in [2.75, 3.05) is 11.9 Å². The standard InChI is InChI=1S/C14H14F2N2O/c1-18(8-10-2-4-12(15)5-3-10)14-13(16)11(9-19)6-7-17-14/h2-7,19H,8-9H2,1H3. The molecule has 0 saturated heterocycles. The molecule has 100 valence electrons. The van der Waals surface area contributed by atoms with Gasteiger partial charge >= 0.3 is 0 Å². The quantitative estimate of drug-likeness (QED) is 0.921. The van der Waals surface area contributed by atoms with Gasteiger partial charge in [-0.25, -0.2) is 13.8 Å². The van der Waals surface area contributed by atoms with E-state index < -0.39 is 5.82 Å². The Morgan fingerprint density at radius 1 is 1.16 bits per heavy atom. The summed E-state index contributed by atoms with van der Waals surface area (Å²) >= 11 is 0. The number of benzene rings is 1. The van der Waals surface area contributed by atoms with Crippen molar-refractivity contribution in [1.29, 1.82) is 0 Å². The van der Waals surface area contributed by atoms with E-state index in [-0.39, 0.29) is 23.8 Å². The largest absolute Gasteiger partial charge is 0.392 e. The fraction of sp³-hybridized carbons (Fsp3) is 0.214. The van der Waals surface area contributed by atoms with E-state index in [9.17, 15) is 8.78 Å². The highest BCUT2D eigenvalue weighted by molar-refractivity contribution is 5.43. The molecule has 0 atom stereocenters. The normalized spacial score (nSPS) is 10.5. The predicted octanol–water partition coefficient (Wildman–Crippen LogP) is 2.49. The van der Waals surface area contributed by atoms with E-state index in [4.69, 9.17) is 5.11 Å². The molecule has 2 rings (SSSR count). The molecule has 1 N–H and O–H groups in total. The van der Waals surface area contributed by atoms with E-state index in [0.29, 0.717) is 6.54 Å². The topological polar surface area (TPSA) is 36.4 Å². The highest BCUT2D eigenvalue weighted by atomic mass is 19.1. The molecule has 1 heterocycles. The molecule has 0 spiro atoms. The Balaban J connectivity index is 2.20. The lowest BCUT2D eigenvalue weighted by Crippen LogP contribution is -2.19. The monoisotopic (exact) mass is 264 g/mol. The number of nitrogens with zero attached hydrogens (tertiary/aromatic N) is 2. The minimum atomic E-state index is -0.533. The van der Waals surface area contributed by atoms with Crippen molar-refractivity contribution in [3.63, 3.8) is 0 Å². The summed E-state index contributed by atoms with van der Waals surface area (Å²) in [6.45, 7) is 0.0326. The average Bonchev–Trinajstić information content (AvgIpc) is 2.41. The van der Waals surface area contributed by atoms with Crippen LogP contribution in [0.3, 0.4) is 0 Å². The van der Waals surface area contributed by atoms with Gasteiger partial charge in [-0.05, 0) is 23.8 Å². The maximum absolute atomic E-state index is 14.0. The number of hydrogen-bond acceptors (Lipinski definition) is 3. The van der Waals surface area contributed by atoms with Crippen LogP contribution in [0.4, 0.5) is 14.6 Å². The SMILES string of the molecule is CN(Cc1ccc(F)cc1)c1nccc(CO)c1F. The van der Waals surface area contributed by atoms with E-state index in [1.54, 1.807) is 24.1 Å². The number of halogens is 2. The van der Waals surface area contributed by atoms with Gasteiger partial charge in [-0.15, -0.1) is 0 Å². The van der Waals surface area contributed by atoms with Gasteiger partial charge in [0.25, 0.3) is 0 Å². The molecule has 0 fully saturated rings. The first-order valence-electron chi connectivity index (χ1n) is 5.81. The molecule has 0 saturated carbocycles. The molecule has 1 aromatic heterocycles. The van der Waals surface area contributed by atoms with Crippen molar-refractivity contribution in [3.8, 4) is 0 Å². The summed E-state index contributed by atoms with van der Waals surface area (Å²) < 4.78 is 26.8. The minimum Gasteiger partial charge on any atom is -0.392 e. The molecule has 3 nitrogen and oxygen atoms in total. The van der Waals surface area contributed by atoms with E-state index >= 15 is 0 Å². The maximum atomic E-state index is 14.0. The third-order valence-corrected chi connectivity index (χ3v) is 2.82. The zero-order valence-corrected chi connectivity index (χ0v) is 10.5. The van der Waals surface area contributed by atoms with Gasteiger partial charge < -0.3 is 10.0 Å². The van der Waals surface area contributed by atoms with Crippen LogP contribution in [0.25, 0.3) is 0 Å². The Morgan fingerprint density at radius 2 is 1.84 bits per heavy atom. The first-order chi connectivity index (χ1) is 9.11. The molecule has 0 unspecified atom stereocenters. The van der Waals surface area contributed by atoms with Crippen LogP contribution in [0.15, 0.2) is 36.5 Å². The number of aliphatic hydroxyl groups excluding tert-OH is 1. The predicted molar refractivity (Wildman–Crippen MR) is 68.6 cm³/mol. The summed E-state index contributed by atoms with van der Waals surface area (Å²) in [5.74, 6) is -0.677. The first-order valence-corrected chi connectivity index (χ1v) is 5.81. The number of hydrogen-bond donors (Lipinski definition) is 1. The van der Waals surface area contributed by atoms with Gasteiger partial charge in [-0.3, -0.25) is 0 Å². The molecule has 1 aromatic carbocycles. The van der Waals surface area contributed by atoms with E-state index in [2.05, 4.69) is 4.98 Å². The zero-order valence-electron chi connectivity index (χ0n) is 10.5. The van der Waals surface area contributed by atoms with Gasteiger partial charge in [-0.1, -0.05) is 12.1 Å². The third kappa shape index (κ3) is 3.06. The number of anilines is 1. The van der Waals surface area contributed by atoms with Crippen molar-refractivity contribution >= 4 is 5.82 Å². The Kier molecular flexibility index (Phi) is 4.06. The summed E-state index contributed by atoms with van der Waals surface area (Å²) in [5, 5.41) is 9.02. The van der Waals surface area contributed by atoms with Crippen LogP contribution in [-0.4, -0.2) is 17.1 Å². The van der Waals surface area contributed by atoms with Crippen LogP contribution in [-0.2, 0) is 13.2 Å². The van der Waals surface area contributed by atoms with Crippen LogP contribution in [0, 0.1) is 11.6 Å². The zero-order chi connectivity index (χ0) is 13.8. The molecule has 0 aliphatic carbocycles. The number of aliphatic hydroxyl groups is 1. The Bertz CT molecular complexity index is 558. The Hall–Kier alpha value is -2.01. The molecule has 0 aliphatic rings. The maximum Gasteiger partial charge on any atom is 0.171 e. The molecule has 0 aliphatic heterocycles. The first kappa shape index (κ1) is 13.4. The molecule has 0 radical (unpaired) electrons. The molecular weight excluding hydrogens is 250 g/mol. The van der Waals surface area contributed by atoms with Gasteiger partial charge in [0.05, 0.1) is 6.61 Å². The number of aromatic nitrogens is 1. The fourth-order valence-corrected chi connectivity index (χ4v) is 1.80. The second-order valence-corrected chi connectivity index (χ2v) is 4.25. The second kappa shape index (κ2) is 5.75. The van der Waals surface area contributed by atoms with Crippen LogP contribution in [0.1, 0.15) is 11.1 Å². The smallest absolute Gasteiger partial charge is 0.171 e. The third-order valence-electron chi connectivity index (χ3n) is 2.82. The van der Waals surface area contributed by atoms with Crippen LogP contribution in [0.5, 0.6) is 0 Å². The highest BCUT2D eigenvalue weighted by Gasteiger charge is 2.13. The van der Waals surface area contributed by atoms with Gasteiger partial charge in [0.1, 0.15) is 5.82 Å². The summed E-state index contributed by atoms with van der Waals surface area (Å²) in [6, 6.07) is 7.43. The molecule has 19 heavy (non-hydrogen) atoms. The Labute approximate surface area is 110 Å². The van der Waals surface area contributed by atoms with E-state index in [1.807, 2.05) is 0 Å². The van der Waals surface area contributed by atoms with Gasteiger partial charge in [0.15, 0.2) is 11.6 Å². The lowest BCUT2D eigenvalue weighted by atomic mass is 10.2. The van der Waals surface area contributed by atoms with Crippen molar-refractivity contribution in [3.05, 3.63) is 59.3 Å². The number of pyridine rings is 1. The van der Waals surface area contributed by atoms with Crippen molar-refractivity contribution < 1.29 is 13.9 Å². The van der Waals surface area contributed by atoms with Crippen molar-refractivity contribution in [1.82, 2.24) is 4.98 Å². The van der Waals surface area contributed by atoms with Crippen LogP contribution in [0.2, 0.25) is 0 Å². The highest BCUT2D eigenvalue weighted by Crippen LogP contribution is 2.20. The lowest BCUT2D eigenvalue weighted by molar-refractivity contribution is 0.275. The fourth-order valence-electron chi connectivity index (χ4n) is 1.80. The van der Waals surface area contributed by atoms with Gasteiger partial charge in [-0.2, -0.15) is 0 Å². The molecule has 5 heteroatoms. The molecule has 2 aromatic rings. The molecule has 0 amide bonds. The average molecular weight is 264 g/mol. The van der Waals surface area contributed by atoms with Gasteiger partial charge in [0, 0.05) is 25.4 Å². The minimum absolute atomic E-state index is 0.163. The summed E-state index contributed by atoms with van der Waals surface area (Å²) in [4.78, 5) is 5.58. The van der Waals surface area contributed by atoms with Crippen LogP contribution < -0.4 is 4.90 Å². The van der Waals surface area contributed by atoms with E-state index in [1.165, 1.54) is 24.4 Å². The summed E-state index contributed by atoms with van der Waals surface area (Å²) in [6.07, 6.45) is 1.45. The van der Waals surface area contributed by atoms with Crippen molar-refractivity contribution in [2.24, 2.45) is 0 Å². The van der Waals surface area contributed by atoms with Crippen LogP contribution >= 0.6 is 0 Å². The second-order valence-electron chi connectivity index (χ2n) is 4.25.